The fourth-order valence-corrected chi connectivity index (χ4v) is 9.19. The summed E-state index contributed by atoms with van der Waals surface area (Å²) in [5.41, 5.74) is 0.622. The summed E-state index contributed by atoms with van der Waals surface area (Å²) in [5, 5.41) is 26.5. The summed E-state index contributed by atoms with van der Waals surface area (Å²) in [7, 11) is 0. The minimum Gasteiger partial charge on any atom is -0.499 e. The van der Waals surface area contributed by atoms with Crippen molar-refractivity contribution in [1.82, 2.24) is 15.7 Å². The molecule has 15 nitrogen and oxygen atoms in total. The Kier molecular flexibility index (Phi) is 16.4. The van der Waals surface area contributed by atoms with Crippen LogP contribution in [0.25, 0.3) is 6.08 Å². The smallest absolute Gasteiger partial charge is 0.327 e. The number of hydrogen-bond donors (Lipinski definition) is 4. The van der Waals surface area contributed by atoms with E-state index < -0.39 is 71.1 Å². The van der Waals surface area contributed by atoms with Gasteiger partial charge >= 0.3 is 11.9 Å². The van der Waals surface area contributed by atoms with Crippen LogP contribution in [0.5, 0.6) is 0 Å². The van der Waals surface area contributed by atoms with Gasteiger partial charge in [0.15, 0.2) is 11.8 Å². The van der Waals surface area contributed by atoms with Gasteiger partial charge in [-0.05, 0) is 74.9 Å². The van der Waals surface area contributed by atoms with Crippen LogP contribution < -0.4 is 10.6 Å². The monoisotopic (exact) mass is 877 g/mol. The molecule has 63 heavy (non-hydrogen) atoms. The van der Waals surface area contributed by atoms with Crippen LogP contribution in [0.3, 0.4) is 0 Å². The Bertz CT molecular complexity index is 1890. The molecule has 3 aliphatic heterocycles. The summed E-state index contributed by atoms with van der Waals surface area (Å²) in [4.78, 5) is 61.7. The zero-order valence-electron chi connectivity index (χ0n) is 37.5. The first-order valence-corrected chi connectivity index (χ1v) is 22.7. The van der Waals surface area contributed by atoms with E-state index in [1.807, 2.05) is 24.3 Å². The van der Waals surface area contributed by atoms with Crippen LogP contribution in [0.1, 0.15) is 132 Å². The van der Waals surface area contributed by atoms with E-state index in [9.17, 15) is 24.3 Å². The van der Waals surface area contributed by atoms with Gasteiger partial charge in [-0.25, -0.2) is 0 Å². The van der Waals surface area contributed by atoms with E-state index in [0.717, 1.165) is 49.7 Å². The maximum absolute atomic E-state index is 15.0. The standard InChI is InChI=1S/C48H67N3O12/c1-6-8-10-22-47(23-11-9-7-2)61-39-37-28-48(45(57)49-29-34-13-12-14-35(27-34)43(55)50-36(31-53)19-20-38(54)60-46(3,4)5)41(44(56)59-37)51(63-42(48)40(39)62-47)30-33-17-15-32(16-18-33)21-25-58-26-24-52/h12-18,21,25,27,36-37,39-42,52-53H,6-11,19-20,22-24,26,28-31H2,1-5H3,(H,49,57)(H,50,55)/t36-,37+,39-,40-,41-,42+,48-/m0/s1. The molecule has 2 amide bonds. The second-order valence-electron chi connectivity index (χ2n) is 18.2. The average molecular weight is 878 g/mol. The SMILES string of the molecule is CCCCCC1(CCCCC)O[C@@H]2[C@H](O1)[C@H]1ON(Cc3ccc(C=COCCO)cc3)[C@H]3C(=O)O[C@@H]2C[C@@]13C(=O)NCc1cccc(C(=O)N[C@H](CO)CCC(=O)OC(C)(C)C)c1. The second-order valence-corrected chi connectivity index (χ2v) is 18.2. The van der Waals surface area contributed by atoms with Gasteiger partial charge in [-0.1, -0.05) is 75.9 Å². The van der Waals surface area contributed by atoms with Crippen molar-refractivity contribution in [2.75, 3.05) is 19.8 Å². The fraction of sp³-hybridized carbons (Fsp3) is 0.625. The van der Waals surface area contributed by atoms with Gasteiger partial charge < -0.3 is 44.5 Å². The summed E-state index contributed by atoms with van der Waals surface area (Å²) < 4.78 is 30.7. The minimum atomic E-state index is -1.39. The van der Waals surface area contributed by atoms with Crippen molar-refractivity contribution < 1.29 is 57.9 Å². The number of ether oxygens (including phenoxy) is 5. The molecule has 4 fully saturated rings. The van der Waals surface area contributed by atoms with E-state index in [1.54, 1.807) is 56.2 Å². The minimum absolute atomic E-state index is 0.0258. The number of aliphatic hydroxyl groups is 2. The third-order valence-electron chi connectivity index (χ3n) is 12.2. The zero-order chi connectivity index (χ0) is 45.2. The molecule has 6 rings (SSSR count). The predicted octanol–water partition coefficient (Wildman–Crippen LogP) is 5.64. The van der Waals surface area contributed by atoms with Crippen LogP contribution in [-0.2, 0) is 56.0 Å². The van der Waals surface area contributed by atoms with Crippen molar-refractivity contribution in [3.05, 3.63) is 77.0 Å². The first-order chi connectivity index (χ1) is 30.2. The number of esters is 2. The van der Waals surface area contributed by atoms with Crippen molar-refractivity contribution in [2.45, 2.75) is 166 Å². The van der Waals surface area contributed by atoms with Gasteiger partial charge in [0.05, 0.1) is 32.1 Å². The summed E-state index contributed by atoms with van der Waals surface area (Å²) in [6.07, 6.45) is 8.05. The highest BCUT2D eigenvalue weighted by Gasteiger charge is 2.76. The normalized spacial score (nSPS) is 25.3. The molecule has 1 aliphatic carbocycles. The van der Waals surface area contributed by atoms with Gasteiger partial charge in [-0.15, -0.1) is 0 Å². The third-order valence-corrected chi connectivity index (χ3v) is 12.2. The molecule has 2 bridgehead atoms. The third kappa shape index (κ3) is 11.7. The van der Waals surface area contributed by atoms with E-state index in [2.05, 4.69) is 24.5 Å². The number of unbranched alkanes of at least 4 members (excludes halogenated alkanes) is 4. The number of amides is 2. The summed E-state index contributed by atoms with van der Waals surface area (Å²) in [6, 6.07) is 12.7. The Morgan fingerprint density at radius 3 is 2.35 bits per heavy atom. The van der Waals surface area contributed by atoms with Crippen molar-refractivity contribution in [3.8, 4) is 0 Å². The Morgan fingerprint density at radius 2 is 1.68 bits per heavy atom. The van der Waals surface area contributed by atoms with Crippen LogP contribution in [0, 0.1) is 5.41 Å². The van der Waals surface area contributed by atoms with E-state index in [-0.39, 0.29) is 58.1 Å². The number of hydroxylamine groups is 2. The number of fused-ring (bicyclic) bond motifs is 4. The molecule has 346 valence electrons. The number of carbonyl (C=O) groups is 4. The van der Waals surface area contributed by atoms with E-state index >= 15 is 0 Å². The first kappa shape index (κ1) is 48.1. The van der Waals surface area contributed by atoms with Crippen LogP contribution in [0.15, 0.2) is 54.8 Å². The number of nitrogens with one attached hydrogen (secondary N) is 2. The molecule has 7 atom stereocenters. The maximum atomic E-state index is 15.0. The molecular weight excluding hydrogens is 811 g/mol. The molecule has 15 heteroatoms. The number of carbonyl (C=O) groups excluding carboxylic acids is 4. The van der Waals surface area contributed by atoms with Crippen molar-refractivity contribution in [2.24, 2.45) is 5.41 Å². The second kappa shape index (κ2) is 21.5. The predicted molar refractivity (Wildman–Crippen MR) is 232 cm³/mol. The van der Waals surface area contributed by atoms with Crippen LogP contribution in [-0.4, -0.2) is 107 Å². The molecule has 0 aromatic heterocycles. The maximum Gasteiger partial charge on any atom is 0.327 e. The van der Waals surface area contributed by atoms with Gasteiger partial charge in [0.1, 0.15) is 42.0 Å². The number of hydrogen-bond acceptors (Lipinski definition) is 13. The lowest BCUT2D eigenvalue weighted by Gasteiger charge is -2.48. The molecule has 0 radical (unpaired) electrons. The van der Waals surface area contributed by atoms with Crippen LogP contribution in [0.4, 0.5) is 0 Å². The highest BCUT2D eigenvalue weighted by Crippen LogP contribution is 2.58. The highest BCUT2D eigenvalue weighted by atomic mass is 16.8. The lowest BCUT2D eigenvalue weighted by molar-refractivity contribution is -0.224. The lowest BCUT2D eigenvalue weighted by atomic mass is 9.62. The number of rotatable bonds is 23. The molecule has 4 aliphatic rings. The van der Waals surface area contributed by atoms with Crippen molar-refractivity contribution in [3.63, 3.8) is 0 Å². The van der Waals surface area contributed by atoms with E-state index in [0.29, 0.717) is 24.0 Å². The topological polar surface area (TPSA) is 191 Å². The van der Waals surface area contributed by atoms with Crippen molar-refractivity contribution in [1.29, 1.82) is 0 Å². The molecular formula is C48H67N3O12. The van der Waals surface area contributed by atoms with E-state index in [4.69, 9.17) is 33.6 Å². The average Bonchev–Trinajstić information content (AvgIpc) is 3.81. The van der Waals surface area contributed by atoms with Crippen LogP contribution in [0.2, 0.25) is 0 Å². The van der Waals surface area contributed by atoms with E-state index in [1.165, 1.54) is 6.26 Å². The van der Waals surface area contributed by atoms with Gasteiger partial charge in [-0.2, -0.15) is 5.06 Å². The Labute approximate surface area is 371 Å². The summed E-state index contributed by atoms with van der Waals surface area (Å²) in [5.74, 6) is -2.72. The molecule has 0 unspecified atom stereocenters. The highest BCUT2D eigenvalue weighted by molar-refractivity contribution is 5.95. The fourth-order valence-electron chi connectivity index (χ4n) is 9.19. The molecule has 3 saturated heterocycles. The zero-order valence-corrected chi connectivity index (χ0v) is 37.5. The molecule has 0 spiro atoms. The van der Waals surface area contributed by atoms with Crippen molar-refractivity contribution >= 4 is 29.8 Å². The Morgan fingerprint density at radius 1 is 0.968 bits per heavy atom. The largest absolute Gasteiger partial charge is 0.499 e. The number of benzene rings is 2. The molecule has 1 saturated carbocycles. The quantitative estimate of drug-likeness (QED) is 0.0611. The number of aliphatic hydroxyl groups excluding tert-OH is 2. The molecule has 3 heterocycles. The molecule has 2 aromatic rings. The van der Waals surface area contributed by atoms with Crippen LogP contribution >= 0.6 is 0 Å². The first-order valence-electron chi connectivity index (χ1n) is 22.7. The van der Waals surface area contributed by atoms with Gasteiger partial charge in [-0.3, -0.25) is 24.0 Å². The lowest BCUT2D eigenvalue weighted by Crippen LogP contribution is -2.69. The number of nitrogens with zero attached hydrogens (tertiary/aromatic N) is 1. The Balaban J connectivity index is 1.23. The Hall–Kier alpha value is -4.38. The van der Waals surface area contributed by atoms with Gasteiger partial charge in [0.2, 0.25) is 5.91 Å². The molecule has 2 aromatic carbocycles. The van der Waals surface area contributed by atoms with Gasteiger partial charge in [0.25, 0.3) is 5.91 Å². The molecule has 4 N–H and O–H groups in total. The summed E-state index contributed by atoms with van der Waals surface area (Å²) in [6.45, 7) is 9.60. The summed E-state index contributed by atoms with van der Waals surface area (Å²) >= 11 is 0. The van der Waals surface area contributed by atoms with Gasteiger partial charge in [0, 0.05) is 37.8 Å².